The van der Waals surface area contributed by atoms with Gasteiger partial charge in [0.2, 0.25) is 11.7 Å². The summed E-state index contributed by atoms with van der Waals surface area (Å²) in [7, 11) is 3.45. The van der Waals surface area contributed by atoms with Crippen molar-refractivity contribution in [1.29, 1.82) is 0 Å². The van der Waals surface area contributed by atoms with Gasteiger partial charge in [0.05, 0.1) is 12.1 Å². The Labute approximate surface area is 194 Å². The van der Waals surface area contributed by atoms with E-state index in [0.29, 0.717) is 11.3 Å². The number of phenols is 1. The maximum Gasteiger partial charge on any atom is 0.255 e. The SMILES string of the molecule is CN(C)CC(=O)Nc1ccc(O)c2c1CC1CC3CC(=O)C(C(N)=O)=C(O)C3(O)C(=O)C1=C2O. The number of likely N-dealkylation sites (N-methyl/N-ethyl adjacent to an activating group) is 1. The van der Waals surface area contributed by atoms with Crippen LogP contribution in [0.1, 0.15) is 24.0 Å². The number of phenolic OH excluding ortho intramolecular Hbond substituents is 1. The van der Waals surface area contributed by atoms with Crippen molar-refractivity contribution in [2.45, 2.75) is 24.9 Å². The fourth-order valence-electron chi connectivity index (χ4n) is 5.22. The van der Waals surface area contributed by atoms with Crippen molar-refractivity contribution in [3.05, 3.63) is 40.2 Å². The highest BCUT2D eigenvalue weighted by molar-refractivity contribution is 6.22. The molecule has 0 aliphatic heterocycles. The van der Waals surface area contributed by atoms with Crippen molar-refractivity contribution in [3.63, 3.8) is 0 Å². The van der Waals surface area contributed by atoms with Gasteiger partial charge in [-0.15, -0.1) is 0 Å². The van der Waals surface area contributed by atoms with E-state index in [4.69, 9.17) is 5.73 Å². The van der Waals surface area contributed by atoms with Gasteiger partial charge in [-0.25, -0.2) is 0 Å². The van der Waals surface area contributed by atoms with Gasteiger partial charge in [-0.3, -0.25) is 19.2 Å². The molecule has 1 aromatic carbocycles. The summed E-state index contributed by atoms with van der Waals surface area (Å²) in [6.07, 6.45) is -0.265. The number of nitrogens with zero attached hydrogens (tertiary/aromatic N) is 1. The van der Waals surface area contributed by atoms with Crippen molar-refractivity contribution in [2.24, 2.45) is 17.6 Å². The summed E-state index contributed by atoms with van der Waals surface area (Å²) < 4.78 is 0. The number of aromatic hydroxyl groups is 1. The molecule has 0 saturated heterocycles. The van der Waals surface area contributed by atoms with E-state index in [9.17, 15) is 39.6 Å². The lowest BCUT2D eigenvalue weighted by atomic mass is 9.59. The number of amides is 2. The number of Topliss-reactive ketones (excluding diaryl/α,β-unsaturated/α-hetero) is 2. The van der Waals surface area contributed by atoms with Crippen LogP contribution >= 0.6 is 0 Å². The summed E-state index contributed by atoms with van der Waals surface area (Å²) in [6.45, 7) is 0.0929. The third kappa shape index (κ3) is 3.35. The van der Waals surface area contributed by atoms with Crippen LogP contribution in [0, 0.1) is 11.8 Å². The Morgan fingerprint density at radius 1 is 1.18 bits per heavy atom. The number of hydrogen-bond acceptors (Lipinski definition) is 9. The number of nitrogens with one attached hydrogen (secondary N) is 1. The molecule has 3 aliphatic rings. The Morgan fingerprint density at radius 2 is 1.85 bits per heavy atom. The summed E-state index contributed by atoms with van der Waals surface area (Å²) in [5.41, 5.74) is 2.16. The summed E-state index contributed by atoms with van der Waals surface area (Å²) in [4.78, 5) is 51.5. The lowest BCUT2D eigenvalue weighted by Gasteiger charge is -2.46. The van der Waals surface area contributed by atoms with Gasteiger partial charge in [-0.05, 0) is 50.6 Å². The molecule has 34 heavy (non-hydrogen) atoms. The fourth-order valence-corrected chi connectivity index (χ4v) is 5.22. The first-order valence-corrected chi connectivity index (χ1v) is 10.6. The molecule has 180 valence electrons. The lowest BCUT2D eigenvalue weighted by Crippen LogP contribution is -2.58. The molecule has 11 nitrogen and oxygen atoms in total. The molecule has 3 atom stereocenters. The largest absolute Gasteiger partial charge is 0.508 e. The highest BCUT2D eigenvalue weighted by Gasteiger charge is 2.60. The minimum absolute atomic E-state index is 0.0175. The number of nitrogens with two attached hydrogens (primary N) is 1. The molecule has 2 amide bonds. The van der Waals surface area contributed by atoms with Crippen LogP contribution < -0.4 is 11.1 Å². The zero-order valence-corrected chi connectivity index (χ0v) is 18.6. The van der Waals surface area contributed by atoms with E-state index in [2.05, 4.69) is 5.32 Å². The van der Waals surface area contributed by atoms with Crippen molar-refractivity contribution >= 4 is 34.8 Å². The number of carbonyl (C=O) groups is 4. The fraction of sp³-hybridized carbons (Fsp3) is 0.391. The first-order chi connectivity index (χ1) is 15.9. The topological polar surface area (TPSA) is 190 Å². The van der Waals surface area contributed by atoms with E-state index >= 15 is 0 Å². The van der Waals surface area contributed by atoms with Gasteiger partial charge in [-0.1, -0.05) is 0 Å². The Balaban J connectivity index is 1.84. The summed E-state index contributed by atoms with van der Waals surface area (Å²) >= 11 is 0. The normalized spacial score (nSPS) is 26.2. The first kappa shape index (κ1) is 23.5. The summed E-state index contributed by atoms with van der Waals surface area (Å²) in [6, 6.07) is 2.74. The predicted molar refractivity (Wildman–Crippen MR) is 119 cm³/mol. The second kappa shape index (κ2) is 7.96. The molecule has 4 rings (SSSR count). The number of aliphatic hydroxyl groups is 3. The second-order valence-corrected chi connectivity index (χ2v) is 9.18. The molecule has 0 aromatic heterocycles. The monoisotopic (exact) mass is 471 g/mol. The lowest BCUT2D eigenvalue weighted by molar-refractivity contribution is -0.147. The molecule has 0 heterocycles. The van der Waals surface area contributed by atoms with Crippen LogP contribution in [0.3, 0.4) is 0 Å². The minimum Gasteiger partial charge on any atom is -0.508 e. The number of aliphatic hydroxyl groups excluding tert-OH is 2. The van der Waals surface area contributed by atoms with E-state index in [-0.39, 0.29) is 42.2 Å². The van der Waals surface area contributed by atoms with E-state index in [0.717, 1.165) is 0 Å². The maximum atomic E-state index is 13.4. The number of anilines is 1. The average Bonchev–Trinajstić information content (AvgIpc) is 2.71. The standard InChI is InChI=1S/C23H25N3O8/c1-26(2)8-15(29)25-12-3-4-13(27)17-11(12)6-9-5-10-7-14(28)18(22(24)33)21(32)23(10,34)20(31)16(9)19(17)30/h3-4,9-10,27,30,32,34H,5-8H2,1-2H3,(H2,24,33)(H,25,29). The van der Waals surface area contributed by atoms with Crippen LogP contribution in [0.2, 0.25) is 0 Å². The highest BCUT2D eigenvalue weighted by Crippen LogP contribution is 2.52. The van der Waals surface area contributed by atoms with Crippen molar-refractivity contribution in [1.82, 2.24) is 4.90 Å². The van der Waals surface area contributed by atoms with Crippen LogP contribution in [0.25, 0.3) is 5.76 Å². The molecule has 3 aliphatic carbocycles. The van der Waals surface area contributed by atoms with Gasteiger partial charge in [-0.2, -0.15) is 0 Å². The van der Waals surface area contributed by atoms with E-state index in [1.807, 2.05) is 0 Å². The molecule has 1 saturated carbocycles. The van der Waals surface area contributed by atoms with Gasteiger partial charge >= 0.3 is 0 Å². The number of carbonyl (C=O) groups excluding carboxylic acids is 4. The summed E-state index contributed by atoms with van der Waals surface area (Å²) in [5.74, 6) is -7.24. The first-order valence-electron chi connectivity index (χ1n) is 10.6. The van der Waals surface area contributed by atoms with Gasteiger partial charge < -0.3 is 36.4 Å². The zero-order valence-electron chi connectivity index (χ0n) is 18.6. The molecule has 0 radical (unpaired) electrons. The van der Waals surface area contributed by atoms with Gasteiger partial charge in [0.25, 0.3) is 5.91 Å². The Morgan fingerprint density at radius 3 is 2.47 bits per heavy atom. The molecular weight excluding hydrogens is 446 g/mol. The van der Waals surface area contributed by atoms with Crippen molar-refractivity contribution < 1.29 is 39.6 Å². The molecule has 11 heteroatoms. The number of hydrogen-bond donors (Lipinski definition) is 6. The van der Waals surface area contributed by atoms with Gasteiger partial charge in [0.15, 0.2) is 11.4 Å². The highest BCUT2D eigenvalue weighted by atomic mass is 16.3. The average molecular weight is 471 g/mol. The minimum atomic E-state index is -2.61. The Hall–Kier alpha value is -3.70. The molecule has 1 fully saturated rings. The second-order valence-electron chi connectivity index (χ2n) is 9.18. The predicted octanol–water partition coefficient (Wildman–Crippen LogP) is -0.0760. The smallest absolute Gasteiger partial charge is 0.255 e. The Kier molecular flexibility index (Phi) is 5.49. The summed E-state index contributed by atoms with van der Waals surface area (Å²) in [5, 5.41) is 46.0. The van der Waals surface area contributed by atoms with Crippen LogP contribution in [0.4, 0.5) is 5.69 Å². The van der Waals surface area contributed by atoms with Crippen molar-refractivity contribution in [3.8, 4) is 5.75 Å². The van der Waals surface area contributed by atoms with Crippen LogP contribution in [0.5, 0.6) is 5.75 Å². The number of benzene rings is 1. The molecule has 7 N–H and O–H groups in total. The van der Waals surface area contributed by atoms with Crippen LogP contribution in [-0.4, -0.2) is 74.9 Å². The van der Waals surface area contributed by atoms with Crippen LogP contribution in [0.15, 0.2) is 29.0 Å². The molecule has 3 unspecified atom stereocenters. The maximum absolute atomic E-state index is 13.4. The molecule has 1 aromatic rings. The van der Waals surface area contributed by atoms with E-state index < -0.39 is 58.4 Å². The number of primary amides is 1. The van der Waals surface area contributed by atoms with E-state index in [1.54, 1.807) is 19.0 Å². The van der Waals surface area contributed by atoms with Crippen LogP contribution in [-0.2, 0) is 25.6 Å². The third-order valence-electron chi connectivity index (χ3n) is 6.68. The molecule has 0 bridgehead atoms. The molecule has 0 spiro atoms. The third-order valence-corrected chi connectivity index (χ3v) is 6.68. The number of rotatable bonds is 4. The number of fused-ring (bicyclic) bond motifs is 3. The Bertz CT molecular complexity index is 1210. The zero-order chi connectivity index (χ0) is 25.1. The molecular formula is C23H25N3O8. The van der Waals surface area contributed by atoms with E-state index in [1.165, 1.54) is 12.1 Å². The van der Waals surface area contributed by atoms with Crippen molar-refractivity contribution in [2.75, 3.05) is 26.0 Å². The quantitative estimate of drug-likeness (QED) is 0.258. The van der Waals surface area contributed by atoms with Gasteiger partial charge in [0.1, 0.15) is 22.8 Å². The number of ketones is 2. The van der Waals surface area contributed by atoms with Gasteiger partial charge in [0, 0.05) is 23.6 Å².